The predicted octanol–water partition coefficient (Wildman–Crippen LogP) is 7.03. The van der Waals surface area contributed by atoms with Crippen molar-refractivity contribution in [2.24, 2.45) is 20.5 Å². The molecule has 9 aromatic rings. The van der Waals surface area contributed by atoms with Gasteiger partial charge >= 0.3 is 375 Å². The molecule has 0 saturated heterocycles. The van der Waals surface area contributed by atoms with Crippen molar-refractivity contribution in [2.45, 2.75) is 46.3 Å². The molecule has 1 aliphatic rings. The molecule has 38 nitrogen and oxygen atoms in total. The zero-order valence-corrected chi connectivity index (χ0v) is 63.0. The zero-order valence-electron chi connectivity index (χ0n) is 51.1. The summed E-state index contributed by atoms with van der Waals surface area (Å²) in [6, 6.07) is 19.2. The van der Waals surface area contributed by atoms with Gasteiger partial charge in [-0.1, -0.05) is 11.1 Å². The summed E-state index contributed by atoms with van der Waals surface area (Å²) in [6.45, 7) is 3.09. The van der Waals surface area contributed by atoms with Gasteiger partial charge in [0.05, 0.1) is 44.3 Å². The number of aromatic hydroxyl groups is 1. The number of carbonyl (C=O) groups is 5. The van der Waals surface area contributed by atoms with Crippen LogP contribution >= 0.6 is 61.3 Å². The molecule has 2 aromatic heterocycles. The first-order chi connectivity index (χ1) is 49.0. The van der Waals surface area contributed by atoms with Crippen LogP contribution in [0, 0.1) is 13.8 Å². The minimum absolute atomic E-state index is 0.00317. The summed E-state index contributed by atoms with van der Waals surface area (Å²) in [5.41, 5.74) is -1.25. The Morgan fingerprint density at radius 3 is 1.57 bits per heavy atom. The van der Waals surface area contributed by atoms with Crippen LogP contribution in [-0.2, 0) is 43.8 Å². The maximum Gasteiger partial charge on any atom is 0.335 e. The number of carboxylic acid groups (broad SMARTS) is 4. The molecule has 46 heteroatoms. The van der Waals surface area contributed by atoms with Gasteiger partial charge in [0.25, 0.3) is 10.1 Å². The molecule has 0 aliphatic heterocycles. The van der Waals surface area contributed by atoms with E-state index in [0.29, 0.717) is 34.7 Å². The minimum atomic E-state index is -4.97. The minimum Gasteiger partial charge on any atom is -0.505 e. The van der Waals surface area contributed by atoms with Crippen LogP contribution in [0.3, 0.4) is 0 Å². The molecule has 0 radical (unpaired) electrons. The third kappa shape index (κ3) is 18.9. The number of nitrogens with one attached hydrogen (secondary N) is 4. The summed E-state index contributed by atoms with van der Waals surface area (Å²) in [5, 5.41) is 104. The third-order valence-corrected chi connectivity index (χ3v) is 22.3. The molecule has 0 atom stereocenters. The number of fused-ring (bicyclic) bond motifs is 2. The van der Waals surface area contributed by atoms with E-state index in [2.05, 4.69) is 105 Å². The van der Waals surface area contributed by atoms with E-state index in [9.17, 15) is 75.4 Å². The molecule has 10 rings (SSSR count). The number of aromatic nitrogens is 6. The molecule has 0 bridgehead atoms. The fourth-order valence-electron chi connectivity index (χ4n) is 9.56. The van der Waals surface area contributed by atoms with Gasteiger partial charge in [0.1, 0.15) is 11.5 Å². The Morgan fingerprint density at radius 1 is 0.573 bits per heavy atom. The Kier molecular flexibility index (Phi) is 24.8. The standard InChI is InChI=1S/C57H41I4N15O23S4/c1-23-62-54(70-56(63-23)69-39-21-37(102(89,90)91)17-26-19-41(100-98-96-87)45(47(77)43(26)39)74-72-35-13-28(50(79)80)11-29(14-35)51(81)82)67-33-5-3-25(4-6-33)49(78)66-32-7-9-34(10-8-32)68-55-64-24(2)65-57(71-55)76(60-58)40-22-38(103(92,93)94)18-27-20-42(101-99-97-88)46(48(44(27)40)95-61-59)75-73-36-15-30(52(83)84)12-31(16-36)53(85)86/h3,5,7-22,77,87-88H,4,6H2,1-2H3,(H,66,78)(H,79,80)(H,81,82)(H,83,84)(H,85,86)(H,89,90,91)(H,92,93,94)(H,64,65,68,71)(H2,62,63,67,69,70)/q-2. The monoisotopic (exact) mass is 1940 g/mol. The second-order valence-electron chi connectivity index (χ2n) is 20.6. The summed E-state index contributed by atoms with van der Waals surface area (Å²) >= 11 is 2.20. The summed E-state index contributed by atoms with van der Waals surface area (Å²) in [6.07, 6.45) is 3.68. The Bertz CT molecular complexity index is 5280. The average molecular weight is 1940 g/mol. The number of amides is 1. The molecule has 0 spiro atoms. The predicted molar refractivity (Wildman–Crippen MR) is 370 cm³/mol. The van der Waals surface area contributed by atoms with Crippen LogP contribution in [0.15, 0.2) is 161 Å². The third-order valence-electron chi connectivity index (χ3n) is 13.9. The van der Waals surface area contributed by atoms with Gasteiger partial charge in [-0.3, -0.25) is 4.55 Å². The van der Waals surface area contributed by atoms with Crippen molar-refractivity contribution in [1.29, 1.82) is 0 Å². The number of hydrogen-bond acceptors (Lipinski definition) is 33. The molecule has 103 heavy (non-hydrogen) atoms. The number of aryl methyl sites for hydroxylation is 2. The Hall–Kier alpha value is -8.89. The van der Waals surface area contributed by atoms with Crippen molar-refractivity contribution in [3.05, 3.63) is 154 Å². The molecule has 0 fully saturated rings. The van der Waals surface area contributed by atoms with Crippen molar-refractivity contribution in [2.75, 3.05) is 24.4 Å². The Balaban J connectivity index is 0.875. The first-order valence-corrected chi connectivity index (χ1v) is 46.7. The summed E-state index contributed by atoms with van der Waals surface area (Å²) in [7, 11) is -9.91. The number of phenols is 1. The largest absolute Gasteiger partial charge is 0.505 e. The van der Waals surface area contributed by atoms with Crippen LogP contribution in [0.4, 0.5) is 69.3 Å². The molecule has 1 aliphatic carbocycles. The molecule has 13 N–H and O–H groups in total. The number of hydrogen-bond donors (Lipinski definition) is 13. The van der Waals surface area contributed by atoms with Gasteiger partial charge in [-0.05, 0) is 67.6 Å². The van der Waals surface area contributed by atoms with E-state index in [1.807, 2.05) is 18.6 Å². The SMILES string of the molecule is Cc1nc(NC2=CC=C(C(=O)Nc3ccc(Nc4nc(C)nc(N([I-]I)c5cc(S(=O)(=O)O)cc6cc(SOOO)c(N=Nc7cc(C(=O)O)cc(C(=O)O)c7)c(O[I-]I)c56)n4)cc3)CC2)nc(Nc2cc(S(=O)(=O)O)cc3cc(SOOO)c(N=Nc4cc(C(=O)O)cc(C(=O)O)c4)c(O)c23)n1. The zero-order chi connectivity index (χ0) is 74.2. The molecular formula is C57H41I4N15O23S4-2. The average Bonchev–Trinajstić information content (AvgIpc) is 0.750. The quantitative estimate of drug-likeness (QED) is 0.00425. The molecule has 0 saturated carbocycles. The van der Waals surface area contributed by atoms with E-state index in [-0.39, 0.29) is 126 Å². The fourth-order valence-corrected chi connectivity index (χ4v) is 16.7. The van der Waals surface area contributed by atoms with Crippen LogP contribution in [0.25, 0.3) is 21.5 Å². The van der Waals surface area contributed by atoms with Crippen LogP contribution in [0.1, 0.15) is 65.9 Å². The van der Waals surface area contributed by atoms with Crippen LogP contribution in [0.2, 0.25) is 0 Å². The van der Waals surface area contributed by atoms with Gasteiger partial charge in [0, 0.05) is 11.1 Å². The van der Waals surface area contributed by atoms with Crippen molar-refractivity contribution in [3.8, 4) is 11.5 Å². The van der Waals surface area contributed by atoms with Gasteiger partial charge in [-0.25, -0.2) is 14.8 Å². The molecule has 0 unspecified atom stereocenters. The number of allylic oxidation sites excluding steroid dienone is 3. The molecule has 1 amide bonds. The number of azo groups is 2. The molecule has 536 valence electrons. The number of carbonyl (C=O) groups excluding carboxylic acids is 1. The fraction of sp³-hybridized carbons (Fsp3) is 0.0702. The van der Waals surface area contributed by atoms with Gasteiger partial charge in [0.15, 0.2) is 5.75 Å². The maximum atomic E-state index is 13.7. The van der Waals surface area contributed by atoms with E-state index in [1.54, 1.807) is 46.5 Å². The van der Waals surface area contributed by atoms with Gasteiger partial charge in [0.2, 0.25) is 11.9 Å². The van der Waals surface area contributed by atoms with Crippen LogP contribution in [-0.4, -0.2) is 122 Å². The van der Waals surface area contributed by atoms with Gasteiger partial charge in [-0.15, -0.1) is 9.45 Å². The molecule has 7 aromatic carbocycles. The normalized spacial score (nSPS) is 12.6. The maximum absolute atomic E-state index is 13.7. The van der Waals surface area contributed by atoms with E-state index < -0.39 is 129 Å². The summed E-state index contributed by atoms with van der Waals surface area (Å²) in [5.74, 6) is -7.05. The number of rotatable bonds is 29. The Morgan fingerprint density at radius 2 is 1.07 bits per heavy atom. The molecular weight excluding hydrogens is 1900 g/mol. The smallest absolute Gasteiger partial charge is 0.335 e. The van der Waals surface area contributed by atoms with Gasteiger partial charge in [-0.2, -0.15) is 28.5 Å². The van der Waals surface area contributed by atoms with E-state index in [4.69, 9.17) is 17.9 Å². The first kappa shape index (κ1) is 76.7. The number of benzene rings is 7. The van der Waals surface area contributed by atoms with Crippen LogP contribution in [0.5, 0.6) is 11.5 Å². The second-order valence-corrected chi connectivity index (χ2v) is 31.7. The second kappa shape index (κ2) is 33.3. The number of anilines is 8. The number of aromatic carboxylic acids is 4. The van der Waals surface area contributed by atoms with Crippen molar-refractivity contribution >= 4 is 202 Å². The summed E-state index contributed by atoms with van der Waals surface area (Å²) in [4.78, 5) is 86.4. The Labute approximate surface area is 626 Å². The molecule has 2 heterocycles. The number of phenolic OH excluding ortho intramolecular Hbond substituents is 1. The topological polar surface area (TPSA) is 560 Å². The number of nitrogens with zero attached hydrogens (tertiary/aromatic N) is 11. The van der Waals surface area contributed by atoms with Gasteiger partial charge < -0.3 is 26.0 Å². The number of carboxylic acids is 4. The van der Waals surface area contributed by atoms with Crippen molar-refractivity contribution in [3.63, 3.8) is 0 Å². The first-order valence-electron chi connectivity index (χ1n) is 27.9. The summed E-state index contributed by atoms with van der Waals surface area (Å²) < 4.78 is 88.9. The van der Waals surface area contributed by atoms with E-state index in [1.165, 1.54) is 19.1 Å². The van der Waals surface area contributed by atoms with Crippen LogP contribution < -0.4 is 62.6 Å². The number of halogens is 4. The van der Waals surface area contributed by atoms with E-state index >= 15 is 0 Å². The van der Waals surface area contributed by atoms with E-state index in [0.717, 1.165) is 60.7 Å². The van der Waals surface area contributed by atoms with Crippen molar-refractivity contribution < 1.29 is 143 Å². The van der Waals surface area contributed by atoms with Crippen molar-refractivity contribution in [1.82, 2.24) is 29.9 Å².